The van der Waals surface area contributed by atoms with Gasteiger partial charge >= 0.3 is 5.97 Å². The minimum absolute atomic E-state index is 0.301. The molecule has 2 aliphatic heterocycles. The first-order valence-electron chi connectivity index (χ1n) is 5.56. The van der Waals surface area contributed by atoms with E-state index in [4.69, 9.17) is 0 Å². The first kappa shape index (κ1) is 13.1. The number of nitrogens with one attached hydrogen (secondary N) is 1. The smallest absolute Gasteiger partial charge is 0.325 e. The summed E-state index contributed by atoms with van der Waals surface area (Å²) >= 11 is 1.47. The highest BCUT2D eigenvalue weighted by Gasteiger charge is 2.46. The van der Waals surface area contributed by atoms with E-state index in [9.17, 15) is 18.3 Å². The van der Waals surface area contributed by atoms with Crippen LogP contribution in [0.15, 0.2) is 0 Å². The molecular formula is C9H16N2O4S2. The van der Waals surface area contributed by atoms with Crippen molar-refractivity contribution in [1.82, 2.24) is 9.03 Å². The molecule has 2 rings (SSSR count). The molecule has 0 bridgehead atoms. The molecule has 2 heterocycles. The van der Waals surface area contributed by atoms with E-state index in [1.54, 1.807) is 0 Å². The van der Waals surface area contributed by atoms with E-state index in [1.807, 2.05) is 0 Å². The van der Waals surface area contributed by atoms with Crippen molar-refractivity contribution in [2.75, 3.05) is 24.6 Å². The van der Waals surface area contributed by atoms with Crippen LogP contribution in [0.5, 0.6) is 0 Å². The molecule has 0 aromatic carbocycles. The number of thioether (sulfide) groups is 1. The number of carbonyl (C=O) groups is 1. The Morgan fingerprint density at radius 3 is 2.47 bits per heavy atom. The van der Waals surface area contributed by atoms with Crippen molar-refractivity contribution in [3.8, 4) is 0 Å². The van der Waals surface area contributed by atoms with Crippen molar-refractivity contribution < 1.29 is 18.3 Å². The van der Waals surface area contributed by atoms with Gasteiger partial charge in [0.15, 0.2) is 0 Å². The second kappa shape index (κ2) is 4.75. The van der Waals surface area contributed by atoms with Crippen LogP contribution in [0.3, 0.4) is 0 Å². The Kier molecular flexibility index (Phi) is 3.67. The molecule has 98 valence electrons. The summed E-state index contributed by atoms with van der Waals surface area (Å²) in [4.78, 5) is 11.3. The Morgan fingerprint density at radius 2 is 2.00 bits per heavy atom. The van der Waals surface area contributed by atoms with Crippen LogP contribution in [0.1, 0.15) is 19.3 Å². The standard InChI is InChI=1S/C9H16N2O4S2/c12-8(13)9(3-6-16-7-9)10-17(14,15)11-4-1-2-5-11/h10H,1-7H2,(H,12,13). The van der Waals surface area contributed by atoms with Crippen LogP contribution in [0, 0.1) is 0 Å². The van der Waals surface area contributed by atoms with E-state index in [1.165, 1.54) is 16.1 Å². The largest absolute Gasteiger partial charge is 0.480 e. The average molecular weight is 280 g/mol. The number of rotatable bonds is 4. The van der Waals surface area contributed by atoms with Crippen LogP contribution < -0.4 is 4.72 Å². The average Bonchev–Trinajstić information content (AvgIpc) is 2.86. The molecule has 0 aliphatic carbocycles. The molecular weight excluding hydrogens is 264 g/mol. The molecule has 1 atom stereocenters. The molecule has 2 saturated heterocycles. The fourth-order valence-electron chi connectivity index (χ4n) is 2.10. The molecule has 2 N–H and O–H groups in total. The Labute approximate surface area is 105 Å². The first-order chi connectivity index (χ1) is 7.96. The molecule has 0 aromatic heterocycles. The third-order valence-electron chi connectivity index (χ3n) is 3.16. The zero-order valence-corrected chi connectivity index (χ0v) is 11.0. The predicted molar refractivity (Wildman–Crippen MR) is 65.2 cm³/mol. The predicted octanol–water partition coefficient (Wildman–Crippen LogP) is -0.123. The normalized spacial score (nSPS) is 30.8. The summed E-state index contributed by atoms with van der Waals surface area (Å²) in [5.74, 6) is -0.102. The summed E-state index contributed by atoms with van der Waals surface area (Å²) < 4.78 is 27.8. The summed E-state index contributed by atoms with van der Waals surface area (Å²) in [5.41, 5.74) is -1.31. The van der Waals surface area contributed by atoms with E-state index >= 15 is 0 Å². The van der Waals surface area contributed by atoms with Gasteiger partial charge in [-0.3, -0.25) is 4.79 Å². The molecule has 0 aromatic rings. The van der Waals surface area contributed by atoms with Gasteiger partial charge < -0.3 is 5.11 Å². The Balaban J connectivity index is 2.15. The van der Waals surface area contributed by atoms with Crippen LogP contribution >= 0.6 is 11.8 Å². The van der Waals surface area contributed by atoms with Crippen molar-refractivity contribution in [2.45, 2.75) is 24.8 Å². The summed E-state index contributed by atoms with van der Waals surface area (Å²) in [6.07, 6.45) is 2.03. The number of hydrogen-bond acceptors (Lipinski definition) is 4. The fourth-order valence-corrected chi connectivity index (χ4v) is 5.14. The van der Waals surface area contributed by atoms with Gasteiger partial charge in [0, 0.05) is 18.8 Å². The maximum Gasteiger partial charge on any atom is 0.325 e. The van der Waals surface area contributed by atoms with Gasteiger partial charge in [-0.1, -0.05) is 0 Å². The van der Waals surface area contributed by atoms with E-state index in [0.29, 0.717) is 31.0 Å². The minimum atomic E-state index is -3.66. The van der Waals surface area contributed by atoms with Gasteiger partial charge in [0.05, 0.1) is 0 Å². The van der Waals surface area contributed by atoms with Crippen LogP contribution in [0.4, 0.5) is 0 Å². The zero-order chi connectivity index (χ0) is 12.5. The van der Waals surface area contributed by atoms with E-state index in [2.05, 4.69) is 4.72 Å². The Hall–Kier alpha value is -0.310. The molecule has 1 unspecified atom stereocenters. The highest BCUT2D eigenvalue weighted by molar-refractivity contribution is 7.99. The lowest BCUT2D eigenvalue weighted by Crippen LogP contribution is -2.57. The van der Waals surface area contributed by atoms with Crippen molar-refractivity contribution in [3.63, 3.8) is 0 Å². The summed E-state index contributed by atoms with van der Waals surface area (Å²) in [6.45, 7) is 0.969. The van der Waals surface area contributed by atoms with Gasteiger partial charge in [0.2, 0.25) is 0 Å². The molecule has 0 saturated carbocycles. The van der Waals surface area contributed by atoms with E-state index < -0.39 is 21.7 Å². The Morgan fingerprint density at radius 1 is 1.35 bits per heavy atom. The molecule has 2 aliphatic rings. The van der Waals surface area contributed by atoms with Gasteiger partial charge in [0.25, 0.3) is 10.2 Å². The maximum atomic E-state index is 12.0. The molecule has 17 heavy (non-hydrogen) atoms. The molecule has 0 amide bonds. The molecule has 6 nitrogen and oxygen atoms in total. The molecule has 2 fully saturated rings. The topological polar surface area (TPSA) is 86.7 Å². The van der Waals surface area contributed by atoms with Gasteiger partial charge in [-0.05, 0) is 25.0 Å². The monoisotopic (exact) mass is 280 g/mol. The van der Waals surface area contributed by atoms with E-state index in [0.717, 1.165) is 12.8 Å². The van der Waals surface area contributed by atoms with Gasteiger partial charge in [-0.25, -0.2) is 0 Å². The second-order valence-corrected chi connectivity index (χ2v) is 7.18. The van der Waals surface area contributed by atoms with Crippen LogP contribution in [0.25, 0.3) is 0 Å². The molecule has 0 spiro atoms. The van der Waals surface area contributed by atoms with E-state index in [-0.39, 0.29) is 0 Å². The highest BCUT2D eigenvalue weighted by Crippen LogP contribution is 2.29. The maximum absolute atomic E-state index is 12.0. The summed E-state index contributed by atoms with van der Waals surface area (Å²) in [5, 5.41) is 9.21. The third kappa shape index (κ3) is 2.59. The fraction of sp³-hybridized carbons (Fsp3) is 0.889. The summed E-state index contributed by atoms with van der Waals surface area (Å²) in [6, 6.07) is 0. The van der Waals surface area contributed by atoms with Crippen molar-refractivity contribution in [2.24, 2.45) is 0 Å². The lowest BCUT2D eigenvalue weighted by molar-refractivity contribution is -0.143. The first-order valence-corrected chi connectivity index (χ1v) is 8.16. The van der Waals surface area contributed by atoms with Crippen LogP contribution in [-0.4, -0.2) is 53.9 Å². The highest BCUT2D eigenvalue weighted by atomic mass is 32.2. The minimum Gasteiger partial charge on any atom is -0.480 e. The van der Waals surface area contributed by atoms with Crippen LogP contribution in [0.2, 0.25) is 0 Å². The quantitative estimate of drug-likeness (QED) is 0.749. The van der Waals surface area contributed by atoms with Crippen molar-refractivity contribution in [3.05, 3.63) is 0 Å². The van der Waals surface area contributed by atoms with Gasteiger partial charge in [-0.15, -0.1) is 0 Å². The summed E-state index contributed by atoms with van der Waals surface area (Å²) in [7, 11) is -3.66. The van der Waals surface area contributed by atoms with Gasteiger partial charge in [-0.2, -0.15) is 29.2 Å². The lowest BCUT2D eigenvalue weighted by atomic mass is 10.0. The molecule has 8 heteroatoms. The Bertz CT molecular complexity index is 397. The number of carboxylic acid groups (broad SMARTS) is 1. The van der Waals surface area contributed by atoms with Crippen molar-refractivity contribution >= 4 is 27.9 Å². The number of carboxylic acids is 1. The van der Waals surface area contributed by atoms with Crippen LogP contribution in [-0.2, 0) is 15.0 Å². The van der Waals surface area contributed by atoms with Crippen molar-refractivity contribution in [1.29, 1.82) is 0 Å². The number of aliphatic carboxylic acids is 1. The number of nitrogens with zero attached hydrogens (tertiary/aromatic N) is 1. The number of hydrogen-bond donors (Lipinski definition) is 2. The zero-order valence-electron chi connectivity index (χ0n) is 9.39. The third-order valence-corrected chi connectivity index (χ3v) is 6.04. The van der Waals surface area contributed by atoms with Gasteiger partial charge in [0.1, 0.15) is 5.54 Å². The second-order valence-electron chi connectivity index (χ2n) is 4.40. The lowest BCUT2D eigenvalue weighted by Gasteiger charge is -2.27. The SMILES string of the molecule is O=C(O)C1(NS(=O)(=O)N2CCCC2)CCSC1. The molecule has 0 radical (unpaired) electrons.